The lowest BCUT2D eigenvalue weighted by molar-refractivity contribution is -0.127. The fourth-order valence-electron chi connectivity index (χ4n) is 4.47. The van der Waals surface area contributed by atoms with E-state index in [-0.39, 0.29) is 11.9 Å². The molecule has 4 rings (SSSR count). The molecule has 29 heavy (non-hydrogen) atoms. The molecule has 1 N–H and O–H groups in total. The van der Waals surface area contributed by atoms with Gasteiger partial charge in [0.2, 0.25) is 5.91 Å². The monoisotopic (exact) mass is 391 g/mol. The maximum atomic E-state index is 13.0. The quantitative estimate of drug-likeness (QED) is 0.742. The molecule has 4 nitrogen and oxygen atoms in total. The first-order chi connectivity index (χ1) is 14.2. The number of nitrogens with one attached hydrogen (secondary N) is 1. The van der Waals surface area contributed by atoms with E-state index >= 15 is 0 Å². The van der Waals surface area contributed by atoms with E-state index in [4.69, 9.17) is 0 Å². The summed E-state index contributed by atoms with van der Waals surface area (Å²) in [5.74, 6) is 0.876. The molecule has 1 amide bonds. The Morgan fingerprint density at radius 2 is 1.62 bits per heavy atom. The normalized spacial score (nSPS) is 19.2. The molecule has 2 fully saturated rings. The number of carbonyl (C=O) groups is 1. The first-order valence-electron chi connectivity index (χ1n) is 11.0. The largest absolute Gasteiger partial charge is 0.352 e. The van der Waals surface area contributed by atoms with Crippen molar-refractivity contribution in [3.05, 3.63) is 71.8 Å². The van der Waals surface area contributed by atoms with Crippen molar-refractivity contribution in [1.82, 2.24) is 15.1 Å². The third-order valence-corrected chi connectivity index (χ3v) is 6.17. The van der Waals surface area contributed by atoms with Crippen LogP contribution in [0.2, 0.25) is 0 Å². The highest BCUT2D eigenvalue weighted by Gasteiger charge is 2.34. The number of amides is 1. The van der Waals surface area contributed by atoms with Crippen molar-refractivity contribution < 1.29 is 4.79 Å². The minimum atomic E-state index is -0.153. The lowest BCUT2D eigenvalue weighted by Gasteiger charge is -2.38. The van der Waals surface area contributed by atoms with E-state index in [9.17, 15) is 4.79 Å². The highest BCUT2D eigenvalue weighted by atomic mass is 16.2. The van der Waals surface area contributed by atoms with Gasteiger partial charge in [0.25, 0.3) is 0 Å². The van der Waals surface area contributed by atoms with Crippen molar-refractivity contribution in [2.75, 3.05) is 26.7 Å². The average molecular weight is 392 g/mol. The molecule has 1 unspecified atom stereocenters. The van der Waals surface area contributed by atoms with Gasteiger partial charge in [-0.3, -0.25) is 9.69 Å². The summed E-state index contributed by atoms with van der Waals surface area (Å²) in [5.41, 5.74) is 2.48. The van der Waals surface area contributed by atoms with Gasteiger partial charge in [-0.2, -0.15) is 0 Å². The maximum Gasteiger partial charge on any atom is 0.242 e. The minimum absolute atomic E-state index is 0.153. The molecule has 2 aromatic carbocycles. The Morgan fingerprint density at radius 3 is 2.24 bits per heavy atom. The second-order valence-corrected chi connectivity index (χ2v) is 8.76. The predicted molar refractivity (Wildman–Crippen MR) is 117 cm³/mol. The van der Waals surface area contributed by atoms with Crippen molar-refractivity contribution in [1.29, 1.82) is 0 Å². The van der Waals surface area contributed by atoms with E-state index in [1.54, 1.807) is 0 Å². The fourth-order valence-corrected chi connectivity index (χ4v) is 4.47. The Morgan fingerprint density at radius 1 is 1.00 bits per heavy atom. The molecule has 1 atom stereocenters. The molecule has 0 radical (unpaired) electrons. The maximum absolute atomic E-state index is 13.0. The summed E-state index contributed by atoms with van der Waals surface area (Å²) in [7, 11) is 2.22. The second kappa shape index (κ2) is 9.55. The van der Waals surface area contributed by atoms with Crippen LogP contribution in [0.5, 0.6) is 0 Å². The van der Waals surface area contributed by atoms with Crippen LogP contribution in [0.15, 0.2) is 60.7 Å². The Bertz CT molecular complexity index is 767. The molecule has 1 saturated carbocycles. The van der Waals surface area contributed by atoms with E-state index < -0.39 is 0 Å². The van der Waals surface area contributed by atoms with E-state index in [1.807, 2.05) is 18.2 Å². The number of piperidine rings is 1. The molecule has 1 aliphatic heterocycles. The molecule has 0 spiro atoms. The summed E-state index contributed by atoms with van der Waals surface area (Å²) in [6, 6.07) is 21.2. The Hall–Kier alpha value is -2.17. The molecule has 154 valence electrons. The Balaban J connectivity index is 1.33. The van der Waals surface area contributed by atoms with Gasteiger partial charge in [0.05, 0.1) is 0 Å². The van der Waals surface area contributed by atoms with Crippen LogP contribution >= 0.6 is 0 Å². The standard InChI is InChI=1S/C25H33N3O/c1-27(18-20-8-4-2-5-9-20)19-21-14-16-28(17-15-21)24(22-10-6-3-7-11-22)25(29)26-23-12-13-23/h2-11,21,23-24H,12-19H2,1H3,(H,26,29). The van der Waals surface area contributed by atoms with E-state index in [0.29, 0.717) is 12.0 Å². The number of hydrogen-bond acceptors (Lipinski definition) is 3. The number of nitrogens with zero attached hydrogens (tertiary/aromatic N) is 2. The molecule has 2 aromatic rings. The molecule has 4 heteroatoms. The smallest absolute Gasteiger partial charge is 0.242 e. The number of hydrogen-bond donors (Lipinski definition) is 1. The third kappa shape index (κ3) is 5.68. The number of rotatable bonds is 8. The highest BCUT2D eigenvalue weighted by Crippen LogP contribution is 2.29. The molecule has 0 bridgehead atoms. The summed E-state index contributed by atoms with van der Waals surface area (Å²) in [6.45, 7) is 4.09. The predicted octanol–water partition coefficient (Wildman–Crippen LogP) is 3.85. The second-order valence-electron chi connectivity index (χ2n) is 8.76. The molecule has 1 saturated heterocycles. The van der Waals surface area contributed by atoms with Crippen LogP contribution < -0.4 is 5.32 Å². The van der Waals surface area contributed by atoms with Gasteiger partial charge in [-0.05, 0) is 62.9 Å². The Kier molecular flexibility index (Phi) is 6.63. The average Bonchev–Trinajstić information content (AvgIpc) is 3.55. The van der Waals surface area contributed by atoms with E-state index in [2.05, 4.69) is 64.6 Å². The summed E-state index contributed by atoms with van der Waals surface area (Å²) in [4.78, 5) is 17.8. The molecule has 1 heterocycles. The van der Waals surface area contributed by atoms with Crippen LogP contribution in [0.3, 0.4) is 0 Å². The van der Waals surface area contributed by atoms with Gasteiger partial charge >= 0.3 is 0 Å². The van der Waals surface area contributed by atoms with Crippen molar-refractivity contribution in [3.8, 4) is 0 Å². The lowest BCUT2D eigenvalue weighted by atomic mass is 9.93. The van der Waals surface area contributed by atoms with Gasteiger partial charge in [0, 0.05) is 19.1 Å². The first kappa shape index (κ1) is 20.1. The van der Waals surface area contributed by atoms with E-state index in [0.717, 1.165) is 57.4 Å². The van der Waals surface area contributed by atoms with Gasteiger partial charge in [-0.15, -0.1) is 0 Å². The number of benzene rings is 2. The first-order valence-corrected chi connectivity index (χ1v) is 11.0. The SMILES string of the molecule is CN(Cc1ccccc1)CC1CCN(C(C(=O)NC2CC2)c2ccccc2)CC1. The zero-order chi connectivity index (χ0) is 20.1. The molecule has 2 aliphatic rings. The van der Waals surface area contributed by atoms with Crippen LogP contribution in [0, 0.1) is 5.92 Å². The summed E-state index contributed by atoms with van der Waals surface area (Å²) < 4.78 is 0. The van der Waals surface area contributed by atoms with Crippen molar-refractivity contribution in [3.63, 3.8) is 0 Å². The van der Waals surface area contributed by atoms with Crippen molar-refractivity contribution >= 4 is 5.91 Å². The molecule has 0 aromatic heterocycles. The zero-order valence-corrected chi connectivity index (χ0v) is 17.5. The van der Waals surface area contributed by atoms with Gasteiger partial charge < -0.3 is 10.2 Å². The molecular formula is C25H33N3O. The van der Waals surface area contributed by atoms with Crippen LogP contribution in [0.25, 0.3) is 0 Å². The van der Waals surface area contributed by atoms with E-state index in [1.165, 1.54) is 5.56 Å². The highest BCUT2D eigenvalue weighted by molar-refractivity contribution is 5.83. The third-order valence-electron chi connectivity index (χ3n) is 6.17. The summed E-state index contributed by atoms with van der Waals surface area (Å²) >= 11 is 0. The Labute approximate surface area is 174 Å². The zero-order valence-electron chi connectivity index (χ0n) is 17.5. The topological polar surface area (TPSA) is 35.6 Å². The van der Waals surface area contributed by atoms with Crippen molar-refractivity contribution in [2.24, 2.45) is 5.92 Å². The van der Waals surface area contributed by atoms with Crippen LogP contribution in [0.4, 0.5) is 0 Å². The van der Waals surface area contributed by atoms with Gasteiger partial charge in [-0.25, -0.2) is 0 Å². The number of likely N-dealkylation sites (tertiary alicyclic amines) is 1. The summed E-state index contributed by atoms with van der Waals surface area (Å²) in [5, 5.41) is 3.23. The molecular weight excluding hydrogens is 358 g/mol. The van der Waals surface area contributed by atoms with Gasteiger partial charge in [0.1, 0.15) is 6.04 Å². The van der Waals surface area contributed by atoms with Gasteiger partial charge in [0.15, 0.2) is 0 Å². The van der Waals surface area contributed by atoms with Crippen LogP contribution in [-0.2, 0) is 11.3 Å². The minimum Gasteiger partial charge on any atom is -0.352 e. The van der Waals surface area contributed by atoms with Gasteiger partial charge in [-0.1, -0.05) is 60.7 Å². The summed E-state index contributed by atoms with van der Waals surface area (Å²) in [6.07, 6.45) is 4.56. The lowest BCUT2D eigenvalue weighted by Crippen LogP contribution is -2.45. The van der Waals surface area contributed by atoms with Crippen molar-refractivity contribution in [2.45, 2.75) is 44.3 Å². The van der Waals surface area contributed by atoms with Crippen LogP contribution in [0.1, 0.15) is 42.9 Å². The van der Waals surface area contributed by atoms with Crippen LogP contribution in [-0.4, -0.2) is 48.4 Å². The fraction of sp³-hybridized carbons (Fsp3) is 0.480. The molecule has 1 aliphatic carbocycles. The number of carbonyl (C=O) groups excluding carboxylic acids is 1.